The molecule has 2 aromatic rings. The van der Waals surface area contributed by atoms with Gasteiger partial charge in [0.05, 0.1) is 17.4 Å². The van der Waals surface area contributed by atoms with E-state index in [0.29, 0.717) is 35.4 Å². The first-order chi connectivity index (χ1) is 14.0. The number of carbonyl (C=O) groups is 1. The van der Waals surface area contributed by atoms with Gasteiger partial charge in [0, 0.05) is 31.3 Å². The lowest BCUT2D eigenvalue weighted by molar-refractivity contribution is 0.0953. The molecule has 1 N–H and O–H groups in total. The maximum absolute atomic E-state index is 12.4. The van der Waals surface area contributed by atoms with Crippen LogP contribution < -0.4 is 5.32 Å². The molecule has 29 heavy (non-hydrogen) atoms. The molecule has 0 saturated heterocycles. The molecular formula is C22H24ClN5O. The second kappa shape index (κ2) is 10.9. The highest BCUT2D eigenvalue weighted by Crippen LogP contribution is 2.24. The van der Waals surface area contributed by atoms with Crippen molar-refractivity contribution < 1.29 is 4.79 Å². The first-order valence-electron chi connectivity index (χ1n) is 9.05. The molecule has 1 aromatic carbocycles. The number of aliphatic imine (C=N–C) groups is 1. The molecule has 0 bridgehead atoms. The van der Waals surface area contributed by atoms with Gasteiger partial charge in [-0.05, 0) is 30.8 Å². The predicted molar refractivity (Wildman–Crippen MR) is 121 cm³/mol. The molecule has 0 fully saturated rings. The molecule has 6 nitrogen and oxygen atoms in total. The predicted octanol–water partition coefficient (Wildman–Crippen LogP) is 4.26. The second-order valence-corrected chi connectivity index (χ2v) is 6.39. The molecule has 0 radical (unpaired) electrons. The molecule has 0 aliphatic rings. The number of nitrogens with zero attached hydrogens (tertiary/aromatic N) is 4. The third kappa shape index (κ3) is 5.86. The van der Waals surface area contributed by atoms with Gasteiger partial charge in [-0.2, -0.15) is 0 Å². The number of nitrogens with one attached hydrogen (secondary N) is 1. The fourth-order valence-corrected chi connectivity index (χ4v) is 2.88. The van der Waals surface area contributed by atoms with Gasteiger partial charge in [0.15, 0.2) is 5.15 Å². The van der Waals surface area contributed by atoms with Gasteiger partial charge in [-0.25, -0.2) is 9.97 Å². The molecule has 150 valence electrons. The molecule has 0 spiro atoms. The Morgan fingerprint density at radius 1 is 1.28 bits per heavy atom. The van der Waals surface area contributed by atoms with Crippen LogP contribution in [0.2, 0.25) is 5.15 Å². The standard InChI is InChI=1S/C22H24ClN5O/c1-5-9-16(6-2)20-21(23)27-19-14-17(10-11-18(19)26-20)22(29)25-12-8-13-28(7-3)15-24-4/h5-7,9-11,14-15H,1-3,8,12-13H2,4H3,(H,25,29)/b16-9+,24-15?. The zero-order valence-electron chi connectivity index (χ0n) is 16.4. The van der Waals surface area contributed by atoms with Crippen molar-refractivity contribution in [3.63, 3.8) is 0 Å². The average Bonchev–Trinajstić information content (AvgIpc) is 2.73. The minimum Gasteiger partial charge on any atom is -0.352 e. The van der Waals surface area contributed by atoms with Crippen LogP contribution in [0, 0.1) is 0 Å². The summed E-state index contributed by atoms with van der Waals surface area (Å²) in [4.78, 5) is 27.2. The highest BCUT2D eigenvalue weighted by molar-refractivity contribution is 6.31. The number of benzene rings is 1. The molecule has 0 saturated carbocycles. The fourth-order valence-electron chi connectivity index (χ4n) is 2.64. The molecule has 7 heteroatoms. The third-order valence-corrected chi connectivity index (χ3v) is 4.32. The third-order valence-electron chi connectivity index (χ3n) is 4.05. The summed E-state index contributed by atoms with van der Waals surface area (Å²) in [5.74, 6) is -0.179. The Hall–Kier alpha value is -3.25. The number of hydrogen-bond acceptors (Lipinski definition) is 4. The van der Waals surface area contributed by atoms with Crippen molar-refractivity contribution in [3.8, 4) is 0 Å². The van der Waals surface area contributed by atoms with Crippen LogP contribution >= 0.6 is 11.6 Å². The molecule has 0 atom stereocenters. The molecular weight excluding hydrogens is 386 g/mol. The number of halogens is 1. The van der Waals surface area contributed by atoms with Gasteiger partial charge >= 0.3 is 0 Å². The lowest BCUT2D eigenvalue weighted by Gasteiger charge is -2.13. The Bertz CT molecular complexity index is 981. The Morgan fingerprint density at radius 2 is 2.07 bits per heavy atom. The van der Waals surface area contributed by atoms with Crippen LogP contribution in [-0.4, -0.2) is 47.3 Å². The molecule has 0 aliphatic carbocycles. The Morgan fingerprint density at radius 3 is 2.72 bits per heavy atom. The number of rotatable bonds is 10. The zero-order valence-corrected chi connectivity index (χ0v) is 17.2. The first kappa shape index (κ1) is 22.0. The lowest BCUT2D eigenvalue weighted by atomic mass is 10.1. The van der Waals surface area contributed by atoms with Gasteiger partial charge in [-0.3, -0.25) is 9.79 Å². The van der Waals surface area contributed by atoms with Crippen LogP contribution in [0.4, 0.5) is 0 Å². The molecule has 1 heterocycles. The van der Waals surface area contributed by atoms with E-state index in [1.54, 1.807) is 56.0 Å². The van der Waals surface area contributed by atoms with Crippen LogP contribution in [-0.2, 0) is 0 Å². The molecule has 1 amide bonds. The van der Waals surface area contributed by atoms with Crippen LogP contribution in [0.3, 0.4) is 0 Å². The maximum atomic E-state index is 12.4. The van der Waals surface area contributed by atoms with Crippen molar-refractivity contribution >= 4 is 40.5 Å². The normalized spacial score (nSPS) is 11.4. The van der Waals surface area contributed by atoms with E-state index in [2.05, 4.69) is 40.0 Å². The minimum absolute atomic E-state index is 0.179. The van der Waals surface area contributed by atoms with Crippen molar-refractivity contribution in [2.24, 2.45) is 4.99 Å². The van der Waals surface area contributed by atoms with Gasteiger partial charge in [-0.15, -0.1) is 0 Å². The minimum atomic E-state index is -0.179. The first-order valence-corrected chi connectivity index (χ1v) is 9.43. The number of amides is 1. The summed E-state index contributed by atoms with van der Waals surface area (Å²) in [6.45, 7) is 12.4. The van der Waals surface area contributed by atoms with Crippen molar-refractivity contribution in [2.75, 3.05) is 20.1 Å². The number of allylic oxidation sites excluding steroid dienone is 4. The second-order valence-electron chi connectivity index (χ2n) is 6.03. The summed E-state index contributed by atoms with van der Waals surface area (Å²) in [5.41, 5.74) is 2.93. The fraction of sp³-hybridized carbons (Fsp3) is 0.182. The van der Waals surface area contributed by atoms with Crippen LogP contribution in [0.5, 0.6) is 0 Å². The number of carbonyl (C=O) groups excluding carboxylic acids is 1. The SMILES string of the molecule is C=C/C=C(\C=C)c1nc2ccc(C(=O)NCCCN(C=C)C=NC)cc2nc1Cl. The van der Waals surface area contributed by atoms with Crippen LogP contribution in [0.1, 0.15) is 22.5 Å². The van der Waals surface area contributed by atoms with Crippen LogP contribution in [0.25, 0.3) is 16.6 Å². The summed E-state index contributed by atoms with van der Waals surface area (Å²) in [6, 6.07) is 5.15. The summed E-state index contributed by atoms with van der Waals surface area (Å²) in [6.07, 6.45) is 9.18. The Kier molecular flexibility index (Phi) is 8.30. The van der Waals surface area contributed by atoms with Crippen LogP contribution in [0.15, 0.2) is 67.4 Å². The lowest BCUT2D eigenvalue weighted by Crippen LogP contribution is -2.27. The highest BCUT2D eigenvalue weighted by Gasteiger charge is 2.12. The van der Waals surface area contributed by atoms with E-state index in [9.17, 15) is 4.79 Å². The van der Waals surface area contributed by atoms with Crippen molar-refractivity contribution in [1.29, 1.82) is 0 Å². The zero-order chi connectivity index (χ0) is 21.2. The summed E-state index contributed by atoms with van der Waals surface area (Å²) in [5, 5.41) is 3.14. The van der Waals surface area contributed by atoms with E-state index >= 15 is 0 Å². The number of aromatic nitrogens is 2. The van der Waals surface area contributed by atoms with Gasteiger partial charge in [0.2, 0.25) is 0 Å². The van der Waals surface area contributed by atoms with E-state index in [1.807, 2.05) is 4.90 Å². The summed E-state index contributed by atoms with van der Waals surface area (Å²) < 4.78 is 0. The maximum Gasteiger partial charge on any atom is 0.251 e. The summed E-state index contributed by atoms with van der Waals surface area (Å²) in [7, 11) is 1.70. The van der Waals surface area contributed by atoms with Crippen molar-refractivity contribution in [3.05, 3.63) is 78.8 Å². The Balaban J connectivity index is 2.12. The largest absolute Gasteiger partial charge is 0.352 e. The molecule has 1 aromatic heterocycles. The quantitative estimate of drug-likeness (QED) is 0.275. The van der Waals surface area contributed by atoms with Crippen molar-refractivity contribution in [2.45, 2.75) is 6.42 Å². The van der Waals surface area contributed by atoms with E-state index in [1.165, 1.54) is 0 Å². The van der Waals surface area contributed by atoms with Gasteiger partial charge < -0.3 is 10.2 Å². The molecule has 0 unspecified atom stereocenters. The monoisotopic (exact) mass is 409 g/mol. The smallest absolute Gasteiger partial charge is 0.251 e. The highest BCUT2D eigenvalue weighted by atomic mass is 35.5. The molecule has 0 aliphatic heterocycles. The van der Waals surface area contributed by atoms with Gasteiger partial charge in [0.25, 0.3) is 5.91 Å². The van der Waals surface area contributed by atoms with E-state index in [0.717, 1.165) is 12.0 Å². The van der Waals surface area contributed by atoms with Gasteiger partial charge in [-0.1, -0.05) is 49.6 Å². The molecule has 2 rings (SSSR count). The summed E-state index contributed by atoms with van der Waals surface area (Å²) >= 11 is 6.30. The van der Waals surface area contributed by atoms with Crippen molar-refractivity contribution in [1.82, 2.24) is 20.2 Å². The van der Waals surface area contributed by atoms with Gasteiger partial charge in [0.1, 0.15) is 5.69 Å². The average molecular weight is 410 g/mol. The topological polar surface area (TPSA) is 70.5 Å². The van der Waals surface area contributed by atoms with E-state index < -0.39 is 0 Å². The number of fused-ring (bicyclic) bond motifs is 1. The Labute approximate surface area is 176 Å². The number of hydrogen-bond donors (Lipinski definition) is 1. The van der Waals surface area contributed by atoms with E-state index in [4.69, 9.17) is 11.6 Å². The van der Waals surface area contributed by atoms with E-state index in [-0.39, 0.29) is 11.1 Å².